The summed E-state index contributed by atoms with van der Waals surface area (Å²) in [7, 11) is 0. The minimum atomic E-state index is -0.121. The minimum Gasteiger partial charge on any atom is -0.506 e. The molecule has 1 aromatic rings. The van der Waals surface area contributed by atoms with Gasteiger partial charge in [-0.2, -0.15) is 0 Å². The summed E-state index contributed by atoms with van der Waals surface area (Å²) in [5.74, 6) is 0.316. The lowest BCUT2D eigenvalue weighted by molar-refractivity contribution is 0.390. The predicted molar refractivity (Wildman–Crippen MR) is 79.1 cm³/mol. The summed E-state index contributed by atoms with van der Waals surface area (Å²) < 4.78 is 0. The third-order valence-corrected chi connectivity index (χ3v) is 5.33. The molecule has 0 saturated carbocycles. The van der Waals surface area contributed by atoms with Gasteiger partial charge >= 0.3 is 0 Å². The van der Waals surface area contributed by atoms with Crippen molar-refractivity contribution in [3.05, 3.63) is 27.3 Å². The smallest absolute Gasteiger partial charge is 0.139 e. The lowest BCUT2D eigenvalue weighted by atomic mass is 9.79. The third-order valence-electron chi connectivity index (χ3n) is 4.93. The molecule has 1 aliphatic heterocycles. The first-order valence-corrected chi connectivity index (χ1v) is 7.70. The van der Waals surface area contributed by atoms with Crippen molar-refractivity contribution in [1.29, 1.82) is 0 Å². The molecule has 104 valence electrons. The molecule has 0 bridgehead atoms. The van der Waals surface area contributed by atoms with Crippen molar-refractivity contribution in [2.75, 3.05) is 6.54 Å². The zero-order chi connectivity index (χ0) is 13.6. The van der Waals surface area contributed by atoms with Crippen LogP contribution in [0.5, 0.6) is 5.75 Å². The van der Waals surface area contributed by atoms with Crippen molar-refractivity contribution >= 4 is 11.6 Å². The molecule has 1 atom stereocenters. The molecule has 1 heterocycles. The van der Waals surface area contributed by atoms with E-state index in [0.717, 1.165) is 37.8 Å². The van der Waals surface area contributed by atoms with Gasteiger partial charge in [0.2, 0.25) is 0 Å². The Hall–Kier alpha value is -0.730. The molecule has 2 aliphatic rings. The maximum absolute atomic E-state index is 10.6. The van der Waals surface area contributed by atoms with Gasteiger partial charge < -0.3 is 10.4 Å². The van der Waals surface area contributed by atoms with Gasteiger partial charge in [-0.15, -0.1) is 0 Å². The number of phenolic OH excluding ortho intramolecular Hbond substituents is 1. The zero-order valence-corrected chi connectivity index (χ0v) is 12.5. The fourth-order valence-electron chi connectivity index (χ4n) is 3.93. The molecule has 1 saturated heterocycles. The van der Waals surface area contributed by atoms with Crippen LogP contribution >= 0.6 is 11.6 Å². The fraction of sp³-hybridized carbons (Fsp3) is 0.625. The van der Waals surface area contributed by atoms with Crippen LogP contribution < -0.4 is 5.32 Å². The average molecular weight is 280 g/mol. The van der Waals surface area contributed by atoms with Crippen molar-refractivity contribution in [1.82, 2.24) is 5.32 Å². The molecule has 19 heavy (non-hydrogen) atoms. The van der Waals surface area contributed by atoms with Gasteiger partial charge in [-0.25, -0.2) is 0 Å². The average Bonchev–Trinajstić information content (AvgIpc) is 2.84. The van der Waals surface area contributed by atoms with E-state index in [4.69, 9.17) is 11.6 Å². The van der Waals surface area contributed by atoms with Crippen LogP contribution in [0.25, 0.3) is 0 Å². The number of phenols is 1. The summed E-state index contributed by atoms with van der Waals surface area (Å²) in [5.41, 5.74) is 4.75. The summed E-state index contributed by atoms with van der Waals surface area (Å²) in [4.78, 5) is 0. The number of rotatable bonds is 1. The highest BCUT2D eigenvalue weighted by atomic mass is 35.5. The summed E-state index contributed by atoms with van der Waals surface area (Å²) in [6, 6.07) is 0. The number of fused-ring (bicyclic) bond motifs is 1. The Morgan fingerprint density at radius 1 is 1.16 bits per heavy atom. The van der Waals surface area contributed by atoms with Crippen molar-refractivity contribution in [3.8, 4) is 5.75 Å². The topological polar surface area (TPSA) is 32.3 Å². The Morgan fingerprint density at radius 2 is 1.84 bits per heavy atom. The van der Waals surface area contributed by atoms with Crippen LogP contribution in [0, 0.1) is 6.92 Å². The number of benzene rings is 1. The van der Waals surface area contributed by atoms with Crippen LogP contribution in [0.15, 0.2) is 0 Å². The van der Waals surface area contributed by atoms with E-state index in [-0.39, 0.29) is 5.54 Å². The van der Waals surface area contributed by atoms with E-state index in [9.17, 15) is 5.11 Å². The van der Waals surface area contributed by atoms with Crippen LogP contribution in [-0.2, 0) is 18.4 Å². The Labute approximate surface area is 120 Å². The standard InChI is InChI=1S/C16H22ClNO/c1-10-11-6-3-4-7-12(11)14(17)15(19)13(10)16(2)8-5-9-18-16/h18-19H,3-9H2,1-2H3. The number of halogens is 1. The molecule has 3 heteroatoms. The molecule has 0 spiro atoms. The van der Waals surface area contributed by atoms with Gasteiger partial charge in [-0.3, -0.25) is 0 Å². The zero-order valence-electron chi connectivity index (χ0n) is 11.8. The summed E-state index contributed by atoms with van der Waals surface area (Å²) >= 11 is 6.45. The Balaban J connectivity index is 2.22. The molecule has 0 aromatic heterocycles. The molecule has 0 radical (unpaired) electrons. The van der Waals surface area contributed by atoms with Crippen LogP contribution in [0.1, 0.15) is 54.9 Å². The lowest BCUT2D eigenvalue weighted by Crippen LogP contribution is -2.34. The second kappa shape index (κ2) is 4.68. The number of hydrogen-bond acceptors (Lipinski definition) is 2. The van der Waals surface area contributed by atoms with Gasteiger partial charge in [-0.05, 0) is 75.6 Å². The van der Waals surface area contributed by atoms with Crippen molar-refractivity contribution in [2.24, 2.45) is 0 Å². The van der Waals surface area contributed by atoms with E-state index in [1.807, 2.05) is 0 Å². The highest BCUT2D eigenvalue weighted by Crippen LogP contribution is 2.46. The van der Waals surface area contributed by atoms with E-state index in [1.54, 1.807) is 0 Å². The van der Waals surface area contributed by atoms with Crippen molar-refractivity contribution < 1.29 is 5.11 Å². The van der Waals surface area contributed by atoms with Gasteiger partial charge in [-0.1, -0.05) is 11.6 Å². The van der Waals surface area contributed by atoms with E-state index in [1.165, 1.54) is 29.5 Å². The monoisotopic (exact) mass is 279 g/mol. The second-order valence-corrected chi connectivity index (χ2v) is 6.57. The van der Waals surface area contributed by atoms with E-state index in [2.05, 4.69) is 19.2 Å². The minimum absolute atomic E-state index is 0.121. The summed E-state index contributed by atoms with van der Waals surface area (Å²) in [6.45, 7) is 5.36. The molecule has 2 nitrogen and oxygen atoms in total. The summed E-state index contributed by atoms with van der Waals surface area (Å²) in [6.07, 6.45) is 6.75. The van der Waals surface area contributed by atoms with Crippen molar-refractivity contribution in [3.63, 3.8) is 0 Å². The van der Waals surface area contributed by atoms with E-state index < -0.39 is 0 Å². The highest BCUT2D eigenvalue weighted by Gasteiger charge is 2.36. The van der Waals surface area contributed by atoms with Crippen LogP contribution in [0.3, 0.4) is 0 Å². The first-order valence-electron chi connectivity index (χ1n) is 7.33. The lowest BCUT2D eigenvalue weighted by Gasteiger charge is -2.32. The van der Waals surface area contributed by atoms with Crippen LogP contribution in [0.2, 0.25) is 5.02 Å². The maximum Gasteiger partial charge on any atom is 0.139 e. The molecule has 2 N–H and O–H groups in total. The SMILES string of the molecule is Cc1c2c(c(Cl)c(O)c1C1(C)CCCN1)CCCC2. The molecule has 1 aromatic carbocycles. The largest absolute Gasteiger partial charge is 0.506 e. The van der Waals surface area contributed by atoms with Crippen LogP contribution in [0.4, 0.5) is 0 Å². The first kappa shape index (κ1) is 13.3. The number of hydrogen-bond donors (Lipinski definition) is 2. The molecular weight excluding hydrogens is 258 g/mol. The van der Waals surface area contributed by atoms with Crippen molar-refractivity contribution in [2.45, 2.75) is 57.9 Å². The molecule has 0 amide bonds. The predicted octanol–water partition coefficient (Wildman–Crippen LogP) is 3.83. The Morgan fingerprint density at radius 3 is 2.47 bits per heavy atom. The van der Waals surface area contributed by atoms with Gasteiger partial charge in [0.1, 0.15) is 5.75 Å². The van der Waals surface area contributed by atoms with Gasteiger partial charge in [0.05, 0.1) is 5.02 Å². The quantitative estimate of drug-likeness (QED) is 0.819. The van der Waals surface area contributed by atoms with E-state index in [0.29, 0.717) is 10.8 Å². The van der Waals surface area contributed by atoms with Crippen LogP contribution in [-0.4, -0.2) is 11.7 Å². The Bertz CT molecular complexity index is 518. The highest BCUT2D eigenvalue weighted by molar-refractivity contribution is 6.33. The Kier molecular flexibility index (Phi) is 3.26. The third kappa shape index (κ3) is 1.96. The first-order chi connectivity index (χ1) is 9.04. The molecule has 1 aliphatic carbocycles. The molecule has 1 fully saturated rings. The summed E-state index contributed by atoms with van der Waals surface area (Å²) in [5, 5.41) is 14.7. The molecule has 1 unspecified atom stereocenters. The maximum atomic E-state index is 10.6. The van der Waals surface area contributed by atoms with Gasteiger partial charge in [0.15, 0.2) is 0 Å². The normalized spacial score (nSPS) is 26.5. The van der Waals surface area contributed by atoms with E-state index >= 15 is 0 Å². The number of aromatic hydroxyl groups is 1. The molecular formula is C16H22ClNO. The van der Waals surface area contributed by atoms with Gasteiger partial charge in [0, 0.05) is 11.1 Å². The molecule has 3 rings (SSSR count). The number of nitrogens with one attached hydrogen (secondary N) is 1. The fourth-order valence-corrected chi connectivity index (χ4v) is 4.23. The van der Waals surface area contributed by atoms with Gasteiger partial charge in [0.25, 0.3) is 0 Å². The second-order valence-electron chi connectivity index (χ2n) is 6.19.